The summed E-state index contributed by atoms with van der Waals surface area (Å²) in [4.78, 5) is 0. The molecule has 0 spiro atoms. The van der Waals surface area contributed by atoms with E-state index in [1.54, 1.807) is 6.07 Å². The van der Waals surface area contributed by atoms with Gasteiger partial charge in [-0.3, -0.25) is 0 Å². The number of nitrogens with two attached hydrogens (primary N) is 2. The van der Waals surface area contributed by atoms with Gasteiger partial charge in [0.2, 0.25) is 5.92 Å². The van der Waals surface area contributed by atoms with Crippen LogP contribution in [0.5, 0.6) is 0 Å². The summed E-state index contributed by atoms with van der Waals surface area (Å²) in [7, 11) is 1.50. The Morgan fingerprint density at radius 3 is 1.95 bits per heavy atom. The van der Waals surface area contributed by atoms with Gasteiger partial charge in [0, 0.05) is 0 Å². The fraction of sp³-hybridized carbons (Fsp3) is 0.538. The van der Waals surface area contributed by atoms with Crippen molar-refractivity contribution in [3.05, 3.63) is 35.9 Å². The molecule has 1 aromatic rings. The fourth-order valence-electron chi connectivity index (χ4n) is 0.739. The van der Waals surface area contributed by atoms with Crippen LogP contribution in [0.4, 0.5) is 8.78 Å². The van der Waals surface area contributed by atoms with Crippen LogP contribution in [-0.2, 0) is 18.6 Å². The average Bonchev–Trinajstić information content (AvgIpc) is 2.31. The molecule has 114 valence electrons. The molecule has 0 aromatic heterocycles. The Kier molecular flexibility index (Phi) is 12.2. The van der Waals surface area contributed by atoms with Gasteiger partial charge in [-0.25, -0.2) is 8.78 Å². The molecule has 0 radical (unpaired) electrons. The zero-order valence-corrected chi connectivity index (χ0v) is 15.4. The van der Waals surface area contributed by atoms with Gasteiger partial charge in [0.05, 0.1) is 6.54 Å². The third-order valence-corrected chi connectivity index (χ3v) is 1.39. The molecule has 0 heterocycles. The maximum atomic E-state index is 12.7. The Morgan fingerprint density at radius 1 is 1.26 bits per heavy atom. The van der Waals surface area contributed by atoms with Crippen molar-refractivity contribution in [1.82, 2.24) is 0 Å². The molecule has 0 unspecified atom stereocenters. The first kappa shape index (κ1) is 22.5. The molecule has 0 fully saturated rings. The van der Waals surface area contributed by atoms with E-state index in [1.165, 1.54) is 25.2 Å². The van der Waals surface area contributed by atoms with E-state index in [2.05, 4.69) is 11.8 Å². The van der Waals surface area contributed by atoms with Crippen LogP contribution in [-0.4, -0.2) is 18.3 Å². The van der Waals surface area contributed by atoms with E-state index in [9.17, 15) is 8.78 Å². The van der Waals surface area contributed by atoms with Crippen LogP contribution < -0.4 is 11.5 Å². The van der Waals surface area contributed by atoms with Crippen molar-refractivity contribution in [2.75, 3.05) is 13.6 Å². The normalized spacial score (nSPS) is 10.2. The van der Waals surface area contributed by atoms with Gasteiger partial charge in [-0.2, -0.15) is 35.1 Å². The average molecular weight is 523 g/mol. The summed E-state index contributed by atoms with van der Waals surface area (Å²) in [6.07, 6.45) is 0. The van der Waals surface area contributed by atoms with Crippen LogP contribution in [0.2, 0.25) is 0 Å². The molecule has 0 amide bonds. The third kappa shape index (κ3) is 14.3. The Bertz CT molecular complexity index is 297. The molecule has 2 nitrogen and oxygen atoms in total. The number of hydrogen-bond acceptors (Lipinski definition) is 3. The smallest absolute Gasteiger partial charge is 0.243 e. The molecular weight excluding hydrogens is 501 g/mol. The fourth-order valence-corrected chi connectivity index (χ4v) is 0.739. The molecule has 4 N–H and O–H groups in total. The first-order valence-corrected chi connectivity index (χ1v) is 5.90. The number of alkyl halides is 2. The molecule has 0 atom stereocenters. The minimum Gasteiger partial charge on any atom is -0.787 e. The van der Waals surface area contributed by atoms with Crippen LogP contribution in [0, 0.1) is 6.07 Å². The van der Waals surface area contributed by atoms with Gasteiger partial charge >= 0.3 is 0 Å². The zero-order chi connectivity index (χ0) is 14.8. The number of hydrogen-bond donors (Lipinski definition) is 2. The van der Waals surface area contributed by atoms with Gasteiger partial charge < -0.3 is 24.1 Å². The second-order valence-electron chi connectivity index (χ2n) is 4.31. The van der Waals surface area contributed by atoms with Crippen molar-refractivity contribution in [2.45, 2.75) is 31.4 Å². The first-order valence-electron chi connectivity index (χ1n) is 5.49. The Balaban J connectivity index is -0.000000275. The predicted molar refractivity (Wildman–Crippen MR) is 75.5 cm³/mol. The van der Waals surface area contributed by atoms with Gasteiger partial charge in [-0.15, -0.1) is 0 Å². The van der Waals surface area contributed by atoms with Gasteiger partial charge in [-0.05, 0) is 7.05 Å². The molecule has 6 heteroatoms. The number of benzene rings is 1. The topological polar surface area (TPSA) is 52.0 Å². The maximum absolute atomic E-state index is 12.7. The summed E-state index contributed by atoms with van der Waals surface area (Å²) in [5, 5.41) is 0. The zero-order valence-electron chi connectivity index (χ0n) is 11.7. The molecular formula is C13H22CmF2N2S-2. The van der Waals surface area contributed by atoms with E-state index in [0.29, 0.717) is 0 Å². The largest absolute Gasteiger partial charge is 0.787 e. The monoisotopic (exact) mass is 519 g/mol. The van der Waals surface area contributed by atoms with Gasteiger partial charge in [0.15, 0.2) is 0 Å². The molecule has 0 aliphatic rings. The van der Waals surface area contributed by atoms with Crippen molar-refractivity contribution < 1.29 is 8.78 Å². The summed E-state index contributed by atoms with van der Waals surface area (Å²) in [6.45, 7) is 5.35. The molecule has 0 aliphatic heterocycles. The van der Waals surface area contributed by atoms with E-state index in [4.69, 9.17) is 18.4 Å². The van der Waals surface area contributed by atoms with Gasteiger partial charge in [0.25, 0.3) is 0 Å². The van der Waals surface area contributed by atoms with Crippen LogP contribution in [0.3, 0.4) is 0 Å². The molecule has 1 rings (SSSR count). The maximum Gasteiger partial charge on any atom is 0.243 e. The van der Waals surface area contributed by atoms with Crippen molar-refractivity contribution in [3.63, 3.8) is 0 Å². The van der Waals surface area contributed by atoms with Gasteiger partial charge in [-0.1, -0.05) is 26.3 Å². The Morgan fingerprint density at radius 2 is 1.68 bits per heavy atom. The predicted octanol–water partition coefficient (Wildman–Crippen LogP) is 2.44. The summed E-state index contributed by atoms with van der Waals surface area (Å²) in [6, 6.07) is 8.22. The molecule has 19 heavy (non-hydrogen) atoms. The minimum absolute atomic E-state index is 0. The molecule has 0 bridgehead atoms. The molecule has 0 saturated heterocycles. The first-order chi connectivity index (χ1) is 8.17. The van der Waals surface area contributed by atoms with Crippen molar-refractivity contribution in [3.8, 4) is 0 Å². The third-order valence-electron chi connectivity index (χ3n) is 1.39. The second-order valence-corrected chi connectivity index (χ2v) is 5.54. The van der Waals surface area contributed by atoms with E-state index in [0.717, 1.165) is 0 Å². The van der Waals surface area contributed by atoms with Crippen molar-refractivity contribution >= 4 is 12.6 Å². The molecule has 1 aromatic carbocycles. The Labute approximate surface area is 114 Å². The van der Waals surface area contributed by atoms with E-state index < -0.39 is 12.5 Å². The molecule has 0 saturated carbocycles. The summed E-state index contributed by atoms with van der Waals surface area (Å²) in [5.74, 6) is -2.92. The minimum atomic E-state index is -2.92. The second kappa shape index (κ2) is 10.3. The van der Waals surface area contributed by atoms with Crippen molar-refractivity contribution in [2.24, 2.45) is 11.5 Å². The van der Waals surface area contributed by atoms with Gasteiger partial charge in [0.1, 0.15) is 0 Å². The van der Waals surface area contributed by atoms with Crippen molar-refractivity contribution in [1.29, 1.82) is 0 Å². The molecule has 0 aliphatic carbocycles. The van der Waals surface area contributed by atoms with Crippen LogP contribution in [0.15, 0.2) is 24.3 Å². The summed E-state index contributed by atoms with van der Waals surface area (Å²) >= 11 is 4.83. The SMILES string of the molecule is CC(C)(C)[S-].CN.NCC(F)(F)c1c[c-]ccc1.[Cm]. The standard InChI is InChI=1S/C8H8F2N.C4H10S.CH5N.Cm/c9-8(10,6-11)7-4-2-1-3-5-7;1-4(2,3)5;1-2;/h1-2,4-5H,6,11H2;5H,1-3H3;2H2,1H3;/q-1;;;/p-1. The number of rotatable bonds is 2. The van der Waals surface area contributed by atoms with Crippen LogP contribution >= 0.6 is 0 Å². The van der Waals surface area contributed by atoms with Crippen LogP contribution in [0.25, 0.3) is 0 Å². The van der Waals surface area contributed by atoms with Crippen LogP contribution in [0.1, 0.15) is 26.3 Å². The van der Waals surface area contributed by atoms with E-state index in [1.807, 2.05) is 20.8 Å². The quantitative estimate of drug-likeness (QED) is 0.463. The summed E-state index contributed by atoms with van der Waals surface area (Å²) < 4.78 is 25.6. The van der Waals surface area contributed by atoms with E-state index >= 15 is 0 Å². The van der Waals surface area contributed by atoms with E-state index in [-0.39, 0.29) is 10.3 Å². The number of halogens is 2. The Hall–Kier alpha value is -1.65. The summed E-state index contributed by atoms with van der Waals surface area (Å²) in [5.41, 5.74) is 9.29.